The first-order valence-electron chi connectivity index (χ1n) is 6.00. The SMILES string of the molecule is CCNC(=O)CC(=O)ON1C(=O)c2ccccc2C1=O. The highest BCUT2D eigenvalue weighted by molar-refractivity contribution is 6.21. The van der Waals surface area contributed by atoms with Gasteiger partial charge in [0, 0.05) is 6.54 Å². The standard InChI is InChI=1S/C13H12N2O5/c1-2-14-10(16)7-11(17)20-15-12(18)8-5-3-4-6-9(8)13(15)19/h3-6H,2,7H2,1H3,(H,14,16). The van der Waals surface area contributed by atoms with E-state index in [1.165, 1.54) is 12.1 Å². The van der Waals surface area contributed by atoms with Gasteiger partial charge in [0.1, 0.15) is 6.42 Å². The molecule has 1 heterocycles. The highest BCUT2D eigenvalue weighted by Crippen LogP contribution is 2.22. The van der Waals surface area contributed by atoms with Crippen LogP contribution < -0.4 is 5.32 Å². The minimum Gasteiger partial charge on any atom is -0.356 e. The van der Waals surface area contributed by atoms with Gasteiger partial charge in [-0.2, -0.15) is 0 Å². The maximum Gasteiger partial charge on any atom is 0.342 e. The highest BCUT2D eigenvalue weighted by Gasteiger charge is 2.38. The number of carbonyl (C=O) groups is 4. The molecular weight excluding hydrogens is 264 g/mol. The van der Waals surface area contributed by atoms with Gasteiger partial charge in [0.25, 0.3) is 11.8 Å². The Balaban J connectivity index is 2.05. The molecule has 2 rings (SSSR count). The molecule has 0 radical (unpaired) electrons. The minimum absolute atomic E-state index is 0.170. The number of hydrogen-bond acceptors (Lipinski definition) is 5. The van der Waals surface area contributed by atoms with Crippen LogP contribution in [0.2, 0.25) is 0 Å². The molecule has 1 aromatic rings. The lowest BCUT2D eigenvalue weighted by atomic mass is 10.1. The molecule has 1 aliphatic heterocycles. The summed E-state index contributed by atoms with van der Waals surface area (Å²) in [5.41, 5.74) is 0.339. The van der Waals surface area contributed by atoms with Gasteiger partial charge < -0.3 is 10.2 Å². The van der Waals surface area contributed by atoms with Crippen molar-refractivity contribution in [3.05, 3.63) is 35.4 Å². The molecule has 0 aromatic heterocycles. The van der Waals surface area contributed by atoms with Crippen molar-refractivity contribution in [2.75, 3.05) is 6.54 Å². The molecule has 20 heavy (non-hydrogen) atoms. The average molecular weight is 276 g/mol. The zero-order valence-electron chi connectivity index (χ0n) is 10.7. The summed E-state index contributed by atoms with van der Waals surface area (Å²) in [6, 6.07) is 6.13. The predicted octanol–water partition coefficient (Wildman–Crippen LogP) is 0.267. The Bertz CT molecular complexity index is 561. The molecular formula is C13H12N2O5. The Labute approximate surface area is 114 Å². The largest absolute Gasteiger partial charge is 0.356 e. The van der Waals surface area contributed by atoms with E-state index in [2.05, 4.69) is 10.2 Å². The van der Waals surface area contributed by atoms with Crippen LogP contribution in [0.3, 0.4) is 0 Å². The summed E-state index contributed by atoms with van der Waals surface area (Å²) in [5.74, 6) is -2.93. The van der Waals surface area contributed by atoms with E-state index in [9.17, 15) is 19.2 Å². The van der Waals surface area contributed by atoms with Crippen LogP contribution in [0.1, 0.15) is 34.1 Å². The zero-order valence-corrected chi connectivity index (χ0v) is 10.7. The Morgan fingerprint density at radius 1 is 1.15 bits per heavy atom. The molecule has 7 nitrogen and oxygen atoms in total. The van der Waals surface area contributed by atoms with Gasteiger partial charge in [-0.15, -0.1) is 0 Å². The summed E-state index contributed by atoms with van der Waals surface area (Å²) in [5, 5.41) is 2.79. The van der Waals surface area contributed by atoms with Crippen LogP contribution in [0.15, 0.2) is 24.3 Å². The number of benzene rings is 1. The maximum absolute atomic E-state index is 11.9. The Hall–Kier alpha value is -2.70. The summed E-state index contributed by atoms with van der Waals surface area (Å²) in [4.78, 5) is 51.1. The lowest BCUT2D eigenvalue weighted by Gasteiger charge is -2.12. The number of hydrogen-bond donors (Lipinski definition) is 1. The first kappa shape index (κ1) is 13.7. The fourth-order valence-electron chi connectivity index (χ4n) is 1.77. The fourth-order valence-corrected chi connectivity index (χ4v) is 1.77. The second kappa shape index (κ2) is 5.52. The van der Waals surface area contributed by atoms with Crippen molar-refractivity contribution in [3.8, 4) is 0 Å². The molecule has 0 fully saturated rings. The summed E-state index contributed by atoms with van der Waals surface area (Å²) >= 11 is 0. The van der Waals surface area contributed by atoms with Crippen molar-refractivity contribution in [3.63, 3.8) is 0 Å². The molecule has 0 unspecified atom stereocenters. The summed E-state index contributed by atoms with van der Waals surface area (Å²) < 4.78 is 0. The Kier molecular flexibility index (Phi) is 3.79. The van der Waals surface area contributed by atoms with Gasteiger partial charge in [-0.3, -0.25) is 14.4 Å². The van der Waals surface area contributed by atoms with Crippen molar-refractivity contribution in [1.29, 1.82) is 0 Å². The van der Waals surface area contributed by atoms with Crippen molar-refractivity contribution >= 4 is 23.7 Å². The van der Waals surface area contributed by atoms with E-state index in [0.717, 1.165) is 0 Å². The zero-order chi connectivity index (χ0) is 14.7. The molecule has 0 aliphatic carbocycles. The van der Waals surface area contributed by atoms with Gasteiger partial charge >= 0.3 is 5.97 Å². The topological polar surface area (TPSA) is 92.8 Å². The number of nitrogens with zero attached hydrogens (tertiary/aromatic N) is 1. The number of rotatable bonds is 4. The van der Waals surface area contributed by atoms with Crippen LogP contribution in [-0.2, 0) is 14.4 Å². The van der Waals surface area contributed by atoms with Gasteiger partial charge in [0.2, 0.25) is 5.91 Å². The first-order valence-corrected chi connectivity index (χ1v) is 6.00. The number of fused-ring (bicyclic) bond motifs is 1. The maximum atomic E-state index is 11.9. The van der Waals surface area contributed by atoms with Crippen molar-refractivity contribution in [2.24, 2.45) is 0 Å². The van der Waals surface area contributed by atoms with E-state index in [-0.39, 0.29) is 11.1 Å². The van der Waals surface area contributed by atoms with Crippen LogP contribution >= 0.6 is 0 Å². The molecule has 0 saturated heterocycles. The lowest BCUT2D eigenvalue weighted by Crippen LogP contribution is -2.35. The first-order chi connectivity index (χ1) is 9.54. The van der Waals surface area contributed by atoms with Crippen molar-refractivity contribution in [2.45, 2.75) is 13.3 Å². The van der Waals surface area contributed by atoms with Crippen molar-refractivity contribution < 1.29 is 24.0 Å². The molecule has 3 amide bonds. The third kappa shape index (κ3) is 2.51. The minimum atomic E-state index is -0.967. The van der Waals surface area contributed by atoms with Crippen LogP contribution in [0.25, 0.3) is 0 Å². The molecule has 1 N–H and O–H groups in total. The van der Waals surface area contributed by atoms with E-state index in [1.54, 1.807) is 19.1 Å². The van der Waals surface area contributed by atoms with E-state index >= 15 is 0 Å². The summed E-state index contributed by atoms with van der Waals surface area (Å²) in [6.45, 7) is 2.08. The summed E-state index contributed by atoms with van der Waals surface area (Å²) in [6.07, 6.45) is -0.554. The molecule has 1 aromatic carbocycles. The van der Waals surface area contributed by atoms with Gasteiger partial charge in [-0.05, 0) is 19.1 Å². The Morgan fingerprint density at radius 2 is 1.70 bits per heavy atom. The Morgan fingerprint density at radius 3 is 2.20 bits per heavy atom. The quantitative estimate of drug-likeness (QED) is 0.629. The number of hydroxylamine groups is 2. The van der Waals surface area contributed by atoms with Gasteiger partial charge in [0.05, 0.1) is 11.1 Å². The number of imide groups is 1. The van der Waals surface area contributed by atoms with E-state index in [4.69, 9.17) is 0 Å². The third-order valence-corrected chi connectivity index (χ3v) is 2.63. The second-order valence-electron chi connectivity index (χ2n) is 4.04. The fraction of sp³-hybridized carbons (Fsp3) is 0.231. The van der Waals surface area contributed by atoms with Gasteiger partial charge in [0.15, 0.2) is 0 Å². The van der Waals surface area contributed by atoms with Gasteiger partial charge in [-0.1, -0.05) is 17.2 Å². The molecule has 0 saturated carbocycles. The smallest absolute Gasteiger partial charge is 0.342 e. The monoisotopic (exact) mass is 276 g/mol. The highest BCUT2D eigenvalue weighted by atomic mass is 16.7. The van der Waals surface area contributed by atoms with Crippen LogP contribution in [0.4, 0.5) is 0 Å². The molecule has 104 valence electrons. The van der Waals surface area contributed by atoms with Crippen LogP contribution in [0.5, 0.6) is 0 Å². The van der Waals surface area contributed by atoms with Crippen LogP contribution in [-0.4, -0.2) is 35.3 Å². The molecule has 0 spiro atoms. The van der Waals surface area contributed by atoms with E-state index in [1.807, 2.05) is 0 Å². The molecule has 7 heteroatoms. The molecule has 0 bridgehead atoms. The third-order valence-electron chi connectivity index (χ3n) is 2.63. The van der Waals surface area contributed by atoms with E-state index in [0.29, 0.717) is 11.6 Å². The van der Waals surface area contributed by atoms with Crippen molar-refractivity contribution in [1.82, 2.24) is 10.4 Å². The number of nitrogens with one attached hydrogen (secondary N) is 1. The summed E-state index contributed by atoms with van der Waals surface area (Å²) in [7, 11) is 0. The normalized spacial score (nSPS) is 13.2. The lowest BCUT2D eigenvalue weighted by molar-refractivity contribution is -0.169. The molecule has 0 atom stereocenters. The molecule has 1 aliphatic rings. The number of carbonyl (C=O) groups excluding carboxylic acids is 4. The predicted molar refractivity (Wildman–Crippen MR) is 66.3 cm³/mol. The van der Waals surface area contributed by atoms with Crippen LogP contribution in [0, 0.1) is 0 Å². The average Bonchev–Trinajstić information content (AvgIpc) is 2.65. The van der Waals surface area contributed by atoms with E-state index < -0.39 is 30.1 Å². The number of amides is 3. The second-order valence-corrected chi connectivity index (χ2v) is 4.04. The van der Waals surface area contributed by atoms with Gasteiger partial charge in [-0.25, -0.2) is 4.79 Å².